The van der Waals surface area contributed by atoms with E-state index >= 15 is 0 Å². The van der Waals surface area contributed by atoms with Gasteiger partial charge in [-0.1, -0.05) is 13.8 Å². The maximum absolute atomic E-state index is 12.9. The Morgan fingerprint density at radius 1 is 1.15 bits per heavy atom. The molecule has 26 heavy (non-hydrogen) atoms. The number of hydrogen-bond donors (Lipinski definition) is 1. The van der Waals surface area contributed by atoms with Gasteiger partial charge in [-0.2, -0.15) is 4.31 Å². The zero-order valence-electron chi connectivity index (χ0n) is 15.1. The van der Waals surface area contributed by atoms with Crippen molar-refractivity contribution in [2.45, 2.75) is 42.8 Å². The molecule has 0 aromatic heterocycles. The molecule has 0 spiro atoms. The zero-order valence-corrected chi connectivity index (χ0v) is 17.5. The largest absolute Gasteiger partial charge is 0.326 e. The molecule has 0 unspecified atom stereocenters. The van der Waals surface area contributed by atoms with Crippen molar-refractivity contribution in [1.82, 2.24) is 4.31 Å². The van der Waals surface area contributed by atoms with Gasteiger partial charge in [-0.25, -0.2) is 8.42 Å². The highest BCUT2D eigenvalue weighted by molar-refractivity contribution is 7.89. The Bertz CT molecular complexity index is 800. The van der Waals surface area contributed by atoms with E-state index in [-0.39, 0.29) is 10.8 Å². The van der Waals surface area contributed by atoms with Crippen LogP contribution in [0, 0.1) is 17.3 Å². The fraction of sp³-hybridized carbons (Fsp3) is 0.611. The highest BCUT2D eigenvalue weighted by atomic mass is 35.5. The van der Waals surface area contributed by atoms with Gasteiger partial charge in [0.1, 0.15) is 4.33 Å². The molecule has 3 atom stereocenters. The van der Waals surface area contributed by atoms with Crippen LogP contribution in [0.2, 0.25) is 0 Å². The number of halogens is 2. The Morgan fingerprint density at radius 3 is 2.12 bits per heavy atom. The zero-order chi connectivity index (χ0) is 19.3. The summed E-state index contributed by atoms with van der Waals surface area (Å²) in [5.41, 5.74) is -0.299. The molecule has 3 rings (SSSR count). The summed E-state index contributed by atoms with van der Waals surface area (Å²) in [5, 5.41) is 2.76. The molecular weight excluding hydrogens is 395 g/mol. The van der Waals surface area contributed by atoms with Gasteiger partial charge in [0.15, 0.2) is 0 Å². The molecule has 1 aromatic rings. The third-order valence-electron chi connectivity index (χ3n) is 5.34. The quantitative estimate of drug-likeness (QED) is 0.754. The minimum absolute atomic E-state index is 0.235. The Kier molecular flexibility index (Phi) is 5.10. The summed E-state index contributed by atoms with van der Waals surface area (Å²) >= 11 is 12.0. The SMILES string of the molecule is C[C@@H]1C[C@H](C)CN(S(=O)(=O)c2ccc(NC(=O)[C@]3(C)CC3(Cl)Cl)cc2)C1. The smallest absolute Gasteiger partial charge is 0.243 e. The van der Waals surface area contributed by atoms with Crippen molar-refractivity contribution >= 4 is 44.8 Å². The number of alkyl halides is 2. The molecule has 2 fully saturated rings. The predicted molar refractivity (Wildman–Crippen MR) is 104 cm³/mol. The van der Waals surface area contributed by atoms with E-state index in [0.29, 0.717) is 37.0 Å². The van der Waals surface area contributed by atoms with Crippen LogP contribution < -0.4 is 5.32 Å². The normalized spacial score (nSPS) is 31.4. The number of piperidine rings is 1. The van der Waals surface area contributed by atoms with E-state index in [4.69, 9.17) is 23.2 Å². The molecule has 2 aliphatic rings. The first-order valence-electron chi connectivity index (χ1n) is 8.75. The van der Waals surface area contributed by atoms with Crippen LogP contribution in [0.5, 0.6) is 0 Å². The van der Waals surface area contributed by atoms with Crippen molar-refractivity contribution in [3.8, 4) is 0 Å². The summed E-state index contributed by atoms with van der Waals surface area (Å²) in [5.74, 6) is 0.423. The van der Waals surface area contributed by atoms with Crippen molar-refractivity contribution in [3.63, 3.8) is 0 Å². The van der Waals surface area contributed by atoms with E-state index in [2.05, 4.69) is 19.2 Å². The number of nitrogens with zero attached hydrogens (tertiary/aromatic N) is 1. The lowest BCUT2D eigenvalue weighted by molar-refractivity contribution is -0.120. The summed E-state index contributed by atoms with van der Waals surface area (Å²) in [7, 11) is -3.53. The molecule has 0 radical (unpaired) electrons. The van der Waals surface area contributed by atoms with Crippen molar-refractivity contribution < 1.29 is 13.2 Å². The number of anilines is 1. The van der Waals surface area contributed by atoms with E-state index in [1.54, 1.807) is 23.4 Å². The topological polar surface area (TPSA) is 66.5 Å². The van der Waals surface area contributed by atoms with Crippen molar-refractivity contribution in [3.05, 3.63) is 24.3 Å². The Morgan fingerprint density at radius 2 is 1.65 bits per heavy atom. The molecule has 5 nitrogen and oxygen atoms in total. The van der Waals surface area contributed by atoms with Crippen LogP contribution >= 0.6 is 23.2 Å². The number of amides is 1. The second-order valence-electron chi connectivity index (χ2n) is 7.96. The molecule has 1 saturated heterocycles. The van der Waals surface area contributed by atoms with Gasteiger partial charge in [-0.3, -0.25) is 4.79 Å². The van der Waals surface area contributed by atoms with Crippen LogP contribution in [-0.4, -0.2) is 36.1 Å². The Balaban J connectivity index is 1.72. The first-order chi connectivity index (χ1) is 12.0. The van der Waals surface area contributed by atoms with Gasteiger partial charge >= 0.3 is 0 Å². The van der Waals surface area contributed by atoms with E-state index in [1.165, 1.54) is 12.1 Å². The van der Waals surface area contributed by atoms with Gasteiger partial charge in [-0.15, -0.1) is 23.2 Å². The lowest BCUT2D eigenvalue weighted by atomic mass is 9.94. The minimum Gasteiger partial charge on any atom is -0.326 e. The number of benzene rings is 1. The summed E-state index contributed by atoms with van der Waals surface area (Å²) < 4.78 is 26.3. The highest BCUT2D eigenvalue weighted by Gasteiger charge is 2.67. The third-order valence-corrected chi connectivity index (χ3v) is 8.29. The standard InChI is InChI=1S/C18H24Cl2N2O3S/c1-12-8-13(2)10-22(9-12)26(24,25)15-6-4-14(5-7-15)21-16(23)17(3)11-18(17,19)20/h4-7,12-13H,8-11H2,1-3H3,(H,21,23)/t12-,13+,17-/m0/s1. The molecule has 1 amide bonds. The summed E-state index contributed by atoms with van der Waals surface area (Å²) in [6.45, 7) is 6.93. The lowest BCUT2D eigenvalue weighted by Gasteiger charge is -2.34. The molecule has 1 heterocycles. The molecule has 1 aliphatic heterocycles. The van der Waals surface area contributed by atoms with Crippen LogP contribution in [0.4, 0.5) is 5.69 Å². The molecule has 144 valence electrons. The highest BCUT2D eigenvalue weighted by Crippen LogP contribution is 2.64. The van der Waals surface area contributed by atoms with Gasteiger partial charge in [0, 0.05) is 18.8 Å². The number of sulfonamides is 1. The fourth-order valence-electron chi connectivity index (χ4n) is 3.58. The second-order valence-corrected chi connectivity index (χ2v) is 11.4. The molecule has 1 N–H and O–H groups in total. The van der Waals surface area contributed by atoms with Gasteiger partial charge in [0.05, 0.1) is 10.3 Å². The fourth-order valence-corrected chi connectivity index (χ4v) is 5.96. The van der Waals surface area contributed by atoms with Crippen molar-refractivity contribution in [2.75, 3.05) is 18.4 Å². The molecule has 0 bridgehead atoms. The summed E-state index contributed by atoms with van der Waals surface area (Å²) in [6, 6.07) is 6.24. The maximum atomic E-state index is 12.9. The number of carbonyl (C=O) groups excluding carboxylic acids is 1. The second kappa shape index (κ2) is 6.66. The first-order valence-corrected chi connectivity index (χ1v) is 10.9. The number of rotatable bonds is 4. The van der Waals surface area contributed by atoms with Crippen LogP contribution in [0.1, 0.15) is 33.6 Å². The number of carbonyl (C=O) groups is 1. The van der Waals surface area contributed by atoms with Gasteiger partial charge < -0.3 is 5.32 Å². The maximum Gasteiger partial charge on any atom is 0.243 e. The van der Waals surface area contributed by atoms with E-state index < -0.39 is 19.8 Å². The van der Waals surface area contributed by atoms with Gasteiger partial charge in [0.25, 0.3) is 0 Å². The third kappa shape index (κ3) is 3.61. The van der Waals surface area contributed by atoms with Gasteiger partial charge in [0.2, 0.25) is 15.9 Å². The molecular formula is C18H24Cl2N2O3S. The molecule has 8 heteroatoms. The van der Waals surface area contributed by atoms with E-state index in [1.807, 2.05) is 0 Å². The van der Waals surface area contributed by atoms with Crippen LogP contribution in [0.3, 0.4) is 0 Å². The van der Waals surface area contributed by atoms with Crippen LogP contribution in [-0.2, 0) is 14.8 Å². The average Bonchev–Trinajstić information content (AvgIpc) is 3.06. The van der Waals surface area contributed by atoms with Crippen LogP contribution in [0.25, 0.3) is 0 Å². The van der Waals surface area contributed by atoms with Crippen molar-refractivity contribution in [2.24, 2.45) is 17.3 Å². The van der Waals surface area contributed by atoms with E-state index in [0.717, 1.165) is 6.42 Å². The molecule has 1 aliphatic carbocycles. The molecule has 1 saturated carbocycles. The summed E-state index contributed by atoms with van der Waals surface area (Å²) in [6.07, 6.45) is 1.44. The van der Waals surface area contributed by atoms with Crippen LogP contribution in [0.15, 0.2) is 29.2 Å². The monoisotopic (exact) mass is 418 g/mol. The van der Waals surface area contributed by atoms with Crippen molar-refractivity contribution in [1.29, 1.82) is 0 Å². The Hall–Kier alpha value is -0.820. The number of hydrogen-bond acceptors (Lipinski definition) is 3. The Labute approximate surface area is 165 Å². The summed E-state index contributed by atoms with van der Waals surface area (Å²) in [4.78, 5) is 12.5. The first kappa shape index (κ1) is 19.9. The lowest BCUT2D eigenvalue weighted by Crippen LogP contribution is -2.42. The average molecular weight is 419 g/mol. The number of nitrogens with one attached hydrogen (secondary N) is 1. The van der Waals surface area contributed by atoms with Gasteiger partial charge in [-0.05, 0) is 55.9 Å². The van der Waals surface area contributed by atoms with E-state index in [9.17, 15) is 13.2 Å². The molecule has 1 aromatic carbocycles. The minimum atomic E-state index is -3.53. The predicted octanol–water partition coefficient (Wildman–Crippen LogP) is 3.88.